The fraction of sp³-hybridized carbons (Fsp3) is 0.345. The first-order chi connectivity index (χ1) is 18.5. The van der Waals surface area contributed by atoms with Crippen molar-refractivity contribution in [3.8, 4) is 5.88 Å². The summed E-state index contributed by atoms with van der Waals surface area (Å²) in [5, 5.41) is 2.96. The molecule has 0 saturated carbocycles. The van der Waals surface area contributed by atoms with E-state index in [-0.39, 0.29) is 48.5 Å². The molecule has 1 aromatic heterocycles. The summed E-state index contributed by atoms with van der Waals surface area (Å²) in [6.45, 7) is 3.97. The molecule has 1 fully saturated rings. The van der Waals surface area contributed by atoms with E-state index < -0.39 is 6.09 Å². The predicted octanol–water partition coefficient (Wildman–Crippen LogP) is 4.50. The molecule has 2 aromatic carbocycles. The van der Waals surface area contributed by atoms with Crippen molar-refractivity contribution in [3.63, 3.8) is 0 Å². The number of anilines is 1. The minimum atomic E-state index is -0.529. The van der Waals surface area contributed by atoms with Gasteiger partial charge in [0.1, 0.15) is 30.4 Å². The van der Waals surface area contributed by atoms with Crippen molar-refractivity contribution in [3.05, 3.63) is 88.9 Å². The zero-order chi connectivity index (χ0) is 26.5. The number of amides is 2. The highest BCUT2D eigenvalue weighted by Crippen LogP contribution is 2.35. The van der Waals surface area contributed by atoms with Crippen molar-refractivity contribution in [1.29, 1.82) is 0 Å². The Morgan fingerprint density at radius 3 is 2.63 bits per heavy atom. The summed E-state index contributed by atoms with van der Waals surface area (Å²) in [5.74, 6) is -0.234. The van der Waals surface area contributed by atoms with E-state index >= 15 is 0 Å². The Kier molecular flexibility index (Phi) is 7.83. The van der Waals surface area contributed by atoms with E-state index in [1.54, 1.807) is 18.2 Å². The number of halogens is 1. The third-order valence-corrected chi connectivity index (χ3v) is 6.71. The van der Waals surface area contributed by atoms with Crippen molar-refractivity contribution >= 4 is 17.7 Å². The van der Waals surface area contributed by atoms with Gasteiger partial charge in [0.15, 0.2) is 0 Å². The zero-order valence-corrected chi connectivity index (χ0v) is 21.2. The Morgan fingerprint density at radius 1 is 1.11 bits per heavy atom. The van der Waals surface area contributed by atoms with Crippen LogP contribution in [0.1, 0.15) is 40.5 Å². The molecule has 38 heavy (non-hydrogen) atoms. The summed E-state index contributed by atoms with van der Waals surface area (Å²) >= 11 is 0. The molecule has 0 spiro atoms. The summed E-state index contributed by atoms with van der Waals surface area (Å²) in [4.78, 5) is 32.5. The van der Waals surface area contributed by atoms with Crippen LogP contribution in [0.15, 0.2) is 60.7 Å². The van der Waals surface area contributed by atoms with Crippen LogP contribution in [0.25, 0.3) is 0 Å². The highest BCUT2D eigenvalue weighted by molar-refractivity contribution is 5.96. The number of carbonyl (C=O) groups excluding carboxylic acids is 2. The van der Waals surface area contributed by atoms with E-state index in [2.05, 4.69) is 10.3 Å². The van der Waals surface area contributed by atoms with Gasteiger partial charge in [-0.15, -0.1) is 0 Å². The number of hydrogen-bond acceptors (Lipinski definition) is 6. The van der Waals surface area contributed by atoms with E-state index in [9.17, 15) is 14.0 Å². The third kappa shape index (κ3) is 5.94. The maximum absolute atomic E-state index is 13.5. The number of hydrogen-bond donors (Lipinski definition) is 1. The molecule has 9 heteroatoms. The Labute approximate surface area is 220 Å². The Morgan fingerprint density at radius 2 is 1.89 bits per heavy atom. The summed E-state index contributed by atoms with van der Waals surface area (Å²) in [6, 6.07) is 16.9. The highest BCUT2D eigenvalue weighted by Gasteiger charge is 2.34. The molecule has 2 atom stereocenters. The van der Waals surface area contributed by atoms with Gasteiger partial charge in [-0.2, -0.15) is 0 Å². The van der Waals surface area contributed by atoms with Gasteiger partial charge in [0.25, 0.3) is 5.91 Å². The minimum absolute atomic E-state index is 0.125. The summed E-state index contributed by atoms with van der Waals surface area (Å²) < 4.78 is 30.4. The first-order valence-corrected chi connectivity index (χ1v) is 12.7. The maximum Gasteiger partial charge on any atom is 0.415 e. The second-order valence-corrected chi connectivity index (χ2v) is 9.63. The topological polar surface area (TPSA) is 90.0 Å². The van der Waals surface area contributed by atoms with Gasteiger partial charge in [-0.1, -0.05) is 42.5 Å². The van der Waals surface area contributed by atoms with E-state index in [1.807, 2.05) is 37.3 Å². The van der Waals surface area contributed by atoms with Gasteiger partial charge >= 0.3 is 6.09 Å². The normalized spacial score (nSPS) is 18.4. The molecular formula is C29H30FN3O5. The first-order valence-electron chi connectivity index (χ1n) is 12.7. The molecule has 2 aliphatic heterocycles. The monoisotopic (exact) mass is 519 g/mol. The molecular weight excluding hydrogens is 489 g/mol. The van der Waals surface area contributed by atoms with Gasteiger partial charge in [-0.3, -0.25) is 9.69 Å². The van der Waals surface area contributed by atoms with Gasteiger partial charge in [-0.05, 0) is 54.7 Å². The van der Waals surface area contributed by atoms with Crippen molar-refractivity contribution in [1.82, 2.24) is 10.3 Å². The summed E-state index contributed by atoms with van der Waals surface area (Å²) in [5.41, 5.74) is 2.90. The number of carbonyl (C=O) groups is 2. The Hall–Kier alpha value is -3.98. The number of nitrogens with one attached hydrogen (secondary N) is 1. The van der Waals surface area contributed by atoms with Crippen molar-refractivity contribution < 1.29 is 28.2 Å². The second-order valence-electron chi connectivity index (χ2n) is 9.63. The molecule has 5 rings (SSSR count). The number of fused-ring (bicyclic) bond motifs is 1. The molecule has 8 nitrogen and oxygen atoms in total. The SMILES string of the molecule is C[C@H]1COc2nc(C(=O)NC[C@@H]3CCOC3)c(Cc3ccc(F)cc3)cc2N1C(=O)OCc1ccccc1. The maximum atomic E-state index is 13.5. The van der Waals surface area contributed by atoms with Gasteiger partial charge in [0, 0.05) is 19.1 Å². The number of aromatic nitrogens is 1. The molecule has 0 unspecified atom stereocenters. The van der Waals surface area contributed by atoms with E-state index in [0.717, 1.165) is 17.5 Å². The molecule has 1 saturated heterocycles. The van der Waals surface area contributed by atoms with Crippen molar-refractivity contribution in [2.75, 3.05) is 31.3 Å². The smallest absolute Gasteiger partial charge is 0.415 e. The van der Waals surface area contributed by atoms with Gasteiger partial charge in [0.2, 0.25) is 5.88 Å². The van der Waals surface area contributed by atoms with Crippen LogP contribution in [0.2, 0.25) is 0 Å². The van der Waals surface area contributed by atoms with Crippen LogP contribution < -0.4 is 15.0 Å². The lowest BCUT2D eigenvalue weighted by Gasteiger charge is -2.34. The molecule has 0 radical (unpaired) electrons. The predicted molar refractivity (Wildman–Crippen MR) is 139 cm³/mol. The quantitative estimate of drug-likeness (QED) is 0.494. The van der Waals surface area contributed by atoms with Crippen LogP contribution in [-0.2, 0) is 22.5 Å². The molecule has 3 heterocycles. The molecule has 2 aliphatic rings. The van der Waals surface area contributed by atoms with Crippen LogP contribution >= 0.6 is 0 Å². The number of rotatable bonds is 7. The van der Waals surface area contributed by atoms with Crippen molar-refractivity contribution in [2.24, 2.45) is 5.92 Å². The number of ether oxygens (including phenoxy) is 3. The van der Waals surface area contributed by atoms with Gasteiger partial charge < -0.3 is 19.5 Å². The van der Waals surface area contributed by atoms with Crippen LogP contribution in [0.5, 0.6) is 5.88 Å². The standard InChI is InChI=1S/C29H30FN3O5/c1-19-16-37-28-25(33(19)29(35)38-18-21-5-3-2-4-6-21)14-23(13-20-7-9-24(30)10-8-20)26(32-28)27(34)31-15-22-11-12-36-17-22/h2-10,14,19,22H,11-13,15-18H2,1H3,(H,31,34)/t19-,22-/m0/s1. The first kappa shape index (κ1) is 25.7. The number of benzene rings is 2. The fourth-order valence-electron chi connectivity index (χ4n) is 4.60. The van der Waals surface area contributed by atoms with E-state index in [1.165, 1.54) is 17.0 Å². The summed E-state index contributed by atoms with van der Waals surface area (Å²) in [6.07, 6.45) is 0.678. The highest BCUT2D eigenvalue weighted by atomic mass is 19.1. The molecule has 0 bridgehead atoms. The molecule has 1 N–H and O–H groups in total. The van der Waals surface area contributed by atoms with Gasteiger partial charge in [-0.25, -0.2) is 14.2 Å². The fourth-order valence-corrected chi connectivity index (χ4v) is 4.60. The number of nitrogens with zero attached hydrogens (tertiary/aromatic N) is 2. The minimum Gasteiger partial charge on any atom is -0.474 e. The lowest BCUT2D eigenvalue weighted by Crippen LogP contribution is -2.46. The third-order valence-electron chi connectivity index (χ3n) is 6.71. The van der Waals surface area contributed by atoms with Crippen LogP contribution in [0, 0.1) is 11.7 Å². The lowest BCUT2D eigenvalue weighted by atomic mass is 10.0. The molecule has 3 aromatic rings. The van der Waals surface area contributed by atoms with Crippen LogP contribution in [0.4, 0.5) is 14.9 Å². The lowest BCUT2D eigenvalue weighted by molar-refractivity contribution is 0.0937. The Balaban J connectivity index is 1.44. The molecule has 2 amide bonds. The van der Waals surface area contributed by atoms with E-state index in [0.29, 0.717) is 37.4 Å². The molecule has 198 valence electrons. The Bertz CT molecular complexity index is 1280. The van der Waals surface area contributed by atoms with E-state index in [4.69, 9.17) is 14.2 Å². The second kappa shape index (κ2) is 11.6. The van der Waals surface area contributed by atoms with Crippen LogP contribution in [0.3, 0.4) is 0 Å². The zero-order valence-electron chi connectivity index (χ0n) is 21.2. The summed E-state index contributed by atoms with van der Waals surface area (Å²) in [7, 11) is 0. The van der Waals surface area contributed by atoms with Crippen molar-refractivity contribution in [2.45, 2.75) is 32.4 Å². The average Bonchev–Trinajstić information content (AvgIpc) is 3.46. The average molecular weight is 520 g/mol. The number of pyridine rings is 1. The largest absolute Gasteiger partial charge is 0.474 e. The van der Waals surface area contributed by atoms with Crippen LogP contribution in [-0.4, -0.2) is 49.4 Å². The molecule has 0 aliphatic carbocycles. The van der Waals surface area contributed by atoms with Gasteiger partial charge in [0.05, 0.1) is 12.6 Å².